The lowest BCUT2D eigenvalue weighted by atomic mass is 9.83. The molecule has 2 aromatic carbocycles. The minimum atomic E-state index is -1.27. The number of aliphatic hydroxyl groups is 1. The van der Waals surface area contributed by atoms with Crippen molar-refractivity contribution in [3.63, 3.8) is 0 Å². The maximum Gasteiger partial charge on any atom is 0.344 e. The fourth-order valence-electron chi connectivity index (χ4n) is 2.57. The molecule has 0 amide bonds. The van der Waals surface area contributed by atoms with Gasteiger partial charge in [0.1, 0.15) is 11.4 Å². The topological polar surface area (TPSA) is 55.8 Å². The van der Waals surface area contributed by atoms with E-state index in [1.165, 1.54) is 0 Å². The highest BCUT2D eigenvalue weighted by molar-refractivity contribution is 6.30. The van der Waals surface area contributed by atoms with Crippen LogP contribution in [0.15, 0.2) is 48.5 Å². The van der Waals surface area contributed by atoms with Crippen molar-refractivity contribution in [2.24, 2.45) is 0 Å². The fraction of sp³-hybridized carbons (Fsp3) is 0.316. The molecule has 0 fully saturated rings. The van der Waals surface area contributed by atoms with Gasteiger partial charge in [-0.25, -0.2) is 4.79 Å². The summed E-state index contributed by atoms with van der Waals surface area (Å²) in [5, 5.41) is 11.8. The largest absolute Gasteiger partial charge is 0.481 e. The highest BCUT2D eigenvalue weighted by Gasteiger charge is 2.32. The number of carbonyl (C=O) groups is 1. The predicted molar refractivity (Wildman–Crippen MR) is 93.3 cm³/mol. The number of para-hydroxylation sites is 1. The van der Waals surface area contributed by atoms with E-state index >= 15 is 0 Å². The first-order valence-corrected chi connectivity index (χ1v) is 8.25. The third kappa shape index (κ3) is 4.08. The van der Waals surface area contributed by atoms with Crippen LogP contribution in [-0.4, -0.2) is 24.3 Å². The molecule has 0 spiro atoms. The van der Waals surface area contributed by atoms with Crippen molar-refractivity contribution in [1.29, 1.82) is 0 Å². The minimum absolute atomic E-state index is 0.208. The molecule has 0 aliphatic heterocycles. The van der Waals surface area contributed by atoms with Gasteiger partial charge in [0.05, 0.1) is 6.61 Å². The number of ether oxygens (including phenoxy) is 2. The van der Waals surface area contributed by atoms with E-state index in [9.17, 15) is 9.90 Å². The normalized spacial score (nSPS) is 13.2. The number of hydrogen-bond acceptors (Lipinski definition) is 4. The molecule has 5 heteroatoms. The molecule has 0 saturated heterocycles. The van der Waals surface area contributed by atoms with Crippen molar-refractivity contribution in [1.82, 2.24) is 0 Å². The first kappa shape index (κ1) is 18.3. The van der Waals surface area contributed by atoms with Crippen LogP contribution < -0.4 is 4.74 Å². The van der Waals surface area contributed by atoms with Crippen LogP contribution in [0.25, 0.3) is 0 Å². The number of carbonyl (C=O) groups excluding carboxylic acids is 1. The molecule has 1 unspecified atom stereocenters. The van der Waals surface area contributed by atoms with E-state index in [0.29, 0.717) is 34.9 Å². The smallest absolute Gasteiger partial charge is 0.344 e. The second-order valence-corrected chi connectivity index (χ2v) is 5.75. The zero-order valence-electron chi connectivity index (χ0n) is 13.8. The van der Waals surface area contributed by atoms with Crippen molar-refractivity contribution in [3.8, 4) is 5.75 Å². The first-order chi connectivity index (χ1) is 11.5. The average Bonchev–Trinajstić information content (AvgIpc) is 2.60. The highest BCUT2D eigenvalue weighted by atomic mass is 35.5. The Labute approximate surface area is 147 Å². The summed E-state index contributed by atoms with van der Waals surface area (Å²) in [4.78, 5) is 11.5. The maximum atomic E-state index is 11.5. The van der Waals surface area contributed by atoms with E-state index in [1.807, 2.05) is 19.1 Å². The molecule has 0 bridgehead atoms. The maximum absolute atomic E-state index is 11.5. The van der Waals surface area contributed by atoms with Crippen LogP contribution in [0.2, 0.25) is 5.02 Å². The molecule has 128 valence electrons. The SMILES string of the molecule is CCOC(=O)COc1ccccc1C(O)(CC)c1cccc(Cl)c1. The van der Waals surface area contributed by atoms with Crippen LogP contribution in [0.5, 0.6) is 5.75 Å². The van der Waals surface area contributed by atoms with Crippen LogP contribution in [-0.2, 0) is 15.1 Å². The third-order valence-electron chi connectivity index (χ3n) is 3.80. The molecule has 1 atom stereocenters. The Balaban J connectivity index is 2.36. The van der Waals surface area contributed by atoms with Crippen LogP contribution in [0, 0.1) is 0 Å². The molecule has 0 aliphatic carbocycles. The summed E-state index contributed by atoms with van der Waals surface area (Å²) < 4.78 is 10.5. The van der Waals surface area contributed by atoms with Crippen molar-refractivity contribution in [3.05, 3.63) is 64.7 Å². The summed E-state index contributed by atoms with van der Waals surface area (Å²) in [6.45, 7) is 3.70. The fourth-order valence-corrected chi connectivity index (χ4v) is 2.76. The van der Waals surface area contributed by atoms with Gasteiger partial charge in [0.2, 0.25) is 0 Å². The number of esters is 1. The number of benzene rings is 2. The summed E-state index contributed by atoms with van der Waals surface area (Å²) in [6.07, 6.45) is 0.424. The monoisotopic (exact) mass is 348 g/mol. The van der Waals surface area contributed by atoms with E-state index in [1.54, 1.807) is 43.3 Å². The quantitative estimate of drug-likeness (QED) is 0.770. The van der Waals surface area contributed by atoms with Crippen LogP contribution in [0.1, 0.15) is 31.4 Å². The lowest BCUT2D eigenvalue weighted by Gasteiger charge is -2.30. The molecule has 2 rings (SSSR count). The summed E-state index contributed by atoms with van der Waals surface area (Å²) >= 11 is 6.07. The van der Waals surface area contributed by atoms with E-state index in [2.05, 4.69) is 0 Å². The van der Waals surface area contributed by atoms with Gasteiger partial charge in [0, 0.05) is 10.6 Å². The number of rotatable bonds is 7. The van der Waals surface area contributed by atoms with Gasteiger partial charge in [-0.05, 0) is 37.1 Å². The second kappa shape index (κ2) is 8.18. The summed E-state index contributed by atoms with van der Waals surface area (Å²) in [5.74, 6) is -0.00928. The molecule has 2 aromatic rings. The Morgan fingerprint density at radius 2 is 1.92 bits per heavy atom. The number of halogens is 1. The zero-order chi connectivity index (χ0) is 17.6. The average molecular weight is 349 g/mol. The van der Waals surface area contributed by atoms with Crippen LogP contribution >= 0.6 is 11.6 Å². The van der Waals surface area contributed by atoms with Gasteiger partial charge in [0.15, 0.2) is 6.61 Å². The Morgan fingerprint density at radius 3 is 2.58 bits per heavy atom. The van der Waals surface area contributed by atoms with E-state index < -0.39 is 11.6 Å². The molecular weight excluding hydrogens is 328 g/mol. The molecule has 0 aliphatic rings. The van der Waals surface area contributed by atoms with Gasteiger partial charge < -0.3 is 14.6 Å². The Morgan fingerprint density at radius 1 is 1.17 bits per heavy atom. The van der Waals surface area contributed by atoms with Crippen molar-refractivity contribution in [2.75, 3.05) is 13.2 Å². The van der Waals surface area contributed by atoms with Crippen LogP contribution in [0.4, 0.5) is 0 Å². The van der Waals surface area contributed by atoms with Gasteiger partial charge >= 0.3 is 5.97 Å². The zero-order valence-corrected chi connectivity index (χ0v) is 14.5. The highest BCUT2D eigenvalue weighted by Crippen LogP contribution is 2.38. The standard InChI is InChI=1S/C19H21ClO4/c1-3-19(22,14-8-7-9-15(20)12-14)16-10-5-6-11-17(16)24-13-18(21)23-4-2/h5-12,22H,3-4,13H2,1-2H3. The molecule has 0 aromatic heterocycles. The third-order valence-corrected chi connectivity index (χ3v) is 4.03. The molecular formula is C19H21ClO4. The summed E-state index contributed by atoms with van der Waals surface area (Å²) in [7, 11) is 0. The van der Waals surface area contributed by atoms with E-state index in [-0.39, 0.29) is 6.61 Å². The molecule has 0 radical (unpaired) electrons. The van der Waals surface area contributed by atoms with Gasteiger partial charge in [0.25, 0.3) is 0 Å². The second-order valence-electron chi connectivity index (χ2n) is 5.31. The summed E-state index contributed by atoms with van der Waals surface area (Å²) in [5.41, 5.74) is -0.0142. The molecule has 1 N–H and O–H groups in total. The van der Waals surface area contributed by atoms with Crippen molar-refractivity contribution in [2.45, 2.75) is 25.9 Å². The van der Waals surface area contributed by atoms with Crippen LogP contribution in [0.3, 0.4) is 0 Å². The first-order valence-electron chi connectivity index (χ1n) is 7.87. The van der Waals surface area contributed by atoms with Gasteiger partial charge in [-0.15, -0.1) is 0 Å². The summed E-state index contributed by atoms with van der Waals surface area (Å²) in [6, 6.07) is 14.2. The number of hydrogen-bond donors (Lipinski definition) is 1. The molecule has 0 heterocycles. The minimum Gasteiger partial charge on any atom is -0.481 e. The lowest BCUT2D eigenvalue weighted by molar-refractivity contribution is -0.145. The molecule has 24 heavy (non-hydrogen) atoms. The van der Waals surface area contributed by atoms with Crippen molar-refractivity contribution < 1.29 is 19.4 Å². The Bertz CT molecular complexity index is 701. The van der Waals surface area contributed by atoms with E-state index in [0.717, 1.165) is 0 Å². The Kier molecular flexibility index (Phi) is 6.23. The predicted octanol–water partition coefficient (Wildman–Crippen LogP) is 3.93. The van der Waals surface area contributed by atoms with Crippen molar-refractivity contribution >= 4 is 17.6 Å². The van der Waals surface area contributed by atoms with Gasteiger partial charge in [-0.2, -0.15) is 0 Å². The van der Waals surface area contributed by atoms with E-state index in [4.69, 9.17) is 21.1 Å². The van der Waals surface area contributed by atoms with Gasteiger partial charge in [-0.1, -0.05) is 48.9 Å². The molecule has 4 nitrogen and oxygen atoms in total. The molecule has 0 saturated carbocycles. The lowest BCUT2D eigenvalue weighted by Crippen LogP contribution is -2.27. The Hall–Kier alpha value is -2.04. The van der Waals surface area contributed by atoms with Gasteiger partial charge in [-0.3, -0.25) is 0 Å².